The van der Waals surface area contributed by atoms with Gasteiger partial charge < -0.3 is 15.0 Å². The van der Waals surface area contributed by atoms with E-state index in [9.17, 15) is 14.0 Å². The van der Waals surface area contributed by atoms with Gasteiger partial charge in [0, 0.05) is 18.3 Å². The van der Waals surface area contributed by atoms with E-state index in [0.29, 0.717) is 53.7 Å². The minimum absolute atomic E-state index is 0.0291. The monoisotopic (exact) mass is 613 g/mol. The van der Waals surface area contributed by atoms with E-state index >= 15 is 4.39 Å². The molecule has 4 aliphatic heterocycles. The summed E-state index contributed by atoms with van der Waals surface area (Å²) in [7, 11) is 0. The number of rotatable bonds is 6. The lowest BCUT2D eigenvalue weighted by atomic mass is 9.89. The van der Waals surface area contributed by atoms with Crippen molar-refractivity contribution in [2.24, 2.45) is 0 Å². The maximum absolute atomic E-state index is 16.8. The number of anilines is 1. The van der Waals surface area contributed by atoms with Crippen LogP contribution in [-0.2, 0) is 11.5 Å². The molecule has 0 bridgehead atoms. The number of carbonyl (C=O) groups is 2. The molecule has 45 heavy (non-hydrogen) atoms. The summed E-state index contributed by atoms with van der Waals surface area (Å²) in [4.78, 5) is 43.3. The van der Waals surface area contributed by atoms with Crippen molar-refractivity contribution in [1.82, 2.24) is 30.5 Å². The first-order valence-electron chi connectivity index (χ1n) is 15.6. The Morgan fingerprint density at radius 2 is 1.76 bits per heavy atom. The third kappa shape index (κ3) is 4.48. The lowest BCUT2D eigenvalue weighted by Gasteiger charge is -2.39. The van der Waals surface area contributed by atoms with Crippen molar-refractivity contribution < 1.29 is 23.1 Å². The van der Waals surface area contributed by atoms with Crippen LogP contribution in [0.25, 0.3) is 32.9 Å². The minimum Gasteiger partial charge on any atom is -0.461 e. The van der Waals surface area contributed by atoms with Gasteiger partial charge in [-0.15, -0.1) is 0 Å². The van der Waals surface area contributed by atoms with Gasteiger partial charge in [-0.05, 0) is 68.0 Å². The molecule has 2 aromatic heterocycles. The SMILES string of the molecule is O=C1NC(=O)C2(CCCN(c3nc(OCC45CCCN4CCC5)nc4c(F)c(-c5cccc6cccc(CF)c56)ncc34)C2)N1. The van der Waals surface area contributed by atoms with Crippen molar-refractivity contribution in [3.63, 3.8) is 0 Å². The van der Waals surface area contributed by atoms with Crippen molar-refractivity contribution in [3.05, 3.63) is 54.0 Å². The first-order chi connectivity index (χ1) is 21.9. The number of urea groups is 1. The Labute approximate surface area is 258 Å². The van der Waals surface area contributed by atoms with Crippen LogP contribution in [0.1, 0.15) is 44.1 Å². The molecule has 1 spiro atoms. The topological polar surface area (TPSA) is 113 Å². The highest BCUT2D eigenvalue weighted by atomic mass is 19.1. The van der Waals surface area contributed by atoms with Gasteiger partial charge in [-0.2, -0.15) is 9.97 Å². The Bertz CT molecular complexity index is 1850. The smallest absolute Gasteiger partial charge is 0.322 e. The van der Waals surface area contributed by atoms with Gasteiger partial charge in [-0.1, -0.05) is 36.4 Å². The van der Waals surface area contributed by atoms with E-state index in [1.807, 2.05) is 17.0 Å². The maximum atomic E-state index is 16.8. The second-order valence-corrected chi connectivity index (χ2v) is 12.7. The van der Waals surface area contributed by atoms with Crippen LogP contribution in [0.5, 0.6) is 6.01 Å². The molecule has 3 amide bonds. The van der Waals surface area contributed by atoms with Crippen LogP contribution in [0.3, 0.4) is 0 Å². The molecule has 0 saturated carbocycles. The number of pyridine rings is 1. The van der Waals surface area contributed by atoms with E-state index < -0.39 is 24.1 Å². The molecule has 12 heteroatoms. The van der Waals surface area contributed by atoms with Gasteiger partial charge in [0.05, 0.1) is 17.5 Å². The number of alkyl halides is 1. The maximum Gasteiger partial charge on any atom is 0.322 e. The summed E-state index contributed by atoms with van der Waals surface area (Å²) >= 11 is 0. The van der Waals surface area contributed by atoms with Crippen molar-refractivity contribution in [2.75, 3.05) is 37.7 Å². The Hall–Kier alpha value is -4.45. The number of piperidine rings is 1. The molecule has 10 nitrogen and oxygen atoms in total. The van der Waals surface area contributed by atoms with Crippen LogP contribution >= 0.6 is 0 Å². The third-order valence-electron chi connectivity index (χ3n) is 10.1. The average Bonchev–Trinajstić information content (AvgIpc) is 3.71. The molecule has 2 N–H and O–H groups in total. The van der Waals surface area contributed by atoms with Crippen LogP contribution in [0, 0.1) is 5.82 Å². The lowest BCUT2D eigenvalue weighted by Crippen LogP contribution is -2.58. The summed E-state index contributed by atoms with van der Waals surface area (Å²) < 4.78 is 37.2. The molecule has 4 saturated heterocycles. The minimum atomic E-state index is -1.11. The number of carbonyl (C=O) groups excluding carboxylic acids is 2. The Balaban J connectivity index is 1.26. The average molecular weight is 614 g/mol. The lowest BCUT2D eigenvalue weighted by molar-refractivity contribution is -0.124. The van der Waals surface area contributed by atoms with Crippen LogP contribution in [0.2, 0.25) is 0 Å². The summed E-state index contributed by atoms with van der Waals surface area (Å²) in [5.41, 5.74) is -0.188. The molecule has 8 rings (SSSR count). The molecule has 0 radical (unpaired) electrons. The van der Waals surface area contributed by atoms with Gasteiger partial charge >= 0.3 is 12.0 Å². The van der Waals surface area contributed by atoms with Gasteiger partial charge in [0.1, 0.15) is 35.8 Å². The predicted octanol–water partition coefficient (Wildman–Crippen LogP) is 4.64. The summed E-state index contributed by atoms with van der Waals surface area (Å²) in [5, 5.41) is 6.89. The molecule has 4 aromatic rings. The van der Waals surface area contributed by atoms with E-state index in [1.165, 1.54) is 6.20 Å². The Kier molecular flexibility index (Phi) is 6.59. The van der Waals surface area contributed by atoms with Crippen LogP contribution < -0.4 is 20.3 Å². The number of ether oxygens (including phenoxy) is 1. The molecule has 2 aromatic carbocycles. The van der Waals surface area contributed by atoms with E-state index in [1.54, 1.807) is 24.3 Å². The summed E-state index contributed by atoms with van der Waals surface area (Å²) in [6.07, 6.45) is 6.87. The number of amides is 3. The van der Waals surface area contributed by atoms with Gasteiger partial charge in [-0.3, -0.25) is 20.0 Å². The molecular weight excluding hydrogens is 580 g/mol. The Morgan fingerprint density at radius 3 is 2.51 bits per heavy atom. The van der Waals surface area contributed by atoms with E-state index in [0.717, 1.165) is 44.2 Å². The van der Waals surface area contributed by atoms with Crippen LogP contribution in [-0.4, -0.2) is 75.7 Å². The van der Waals surface area contributed by atoms with Crippen molar-refractivity contribution in [1.29, 1.82) is 0 Å². The molecule has 1 atom stereocenters. The fraction of sp³-hybridized carbons (Fsp3) is 0.424. The number of benzene rings is 2. The van der Waals surface area contributed by atoms with E-state index in [4.69, 9.17) is 9.72 Å². The molecule has 0 aliphatic carbocycles. The summed E-state index contributed by atoms with van der Waals surface area (Å²) in [5.74, 6) is -0.669. The zero-order valence-electron chi connectivity index (χ0n) is 24.7. The second kappa shape index (κ2) is 10.6. The number of nitrogens with one attached hydrogen (secondary N) is 2. The second-order valence-electron chi connectivity index (χ2n) is 12.7. The highest BCUT2D eigenvalue weighted by molar-refractivity contribution is 6.08. The molecule has 232 valence electrons. The molecule has 4 fully saturated rings. The summed E-state index contributed by atoms with van der Waals surface area (Å²) in [6, 6.07) is 10.2. The number of fused-ring (bicyclic) bond motifs is 3. The number of halogens is 2. The van der Waals surface area contributed by atoms with E-state index in [2.05, 4.69) is 25.5 Å². The molecular formula is C33H33F2N7O3. The van der Waals surface area contributed by atoms with Crippen molar-refractivity contribution >= 4 is 39.4 Å². The van der Waals surface area contributed by atoms with Crippen molar-refractivity contribution in [2.45, 2.75) is 56.3 Å². The normalized spacial score (nSPS) is 22.8. The quantitative estimate of drug-likeness (QED) is 0.303. The fourth-order valence-electron chi connectivity index (χ4n) is 7.95. The molecule has 4 aliphatic rings. The summed E-state index contributed by atoms with van der Waals surface area (Å²) in [6.45, 7) is 2.44. The van der Waals surface area contributed by atoms with Gasteiger partial charge in [-0.25, -0.2) is 13.6 Å². The standard InChI is InChI=1S/C33H33F2N7O3/c34-16-21-8-1-6-20-7-2-9-22(24(20)21)26-25(35)27-23(17-36-26)28(41-13-5-12-33(18-41)29(43)39-30(44)40-33)38-31(37-27)45-19-32-10-3-14-42(32)15-4-11-32/h1-2,6-9,17H,3-5,10-16,18-19H2,(H2,39,40,43,44). The first kappa shape index (κ1) is 28.1. The Morgan fingerprint density at radius 1 is 0.978 bits per heavy atom. The van der Waals surface area contributed by atoms with Gasteiger partial charge in [0.25, 0.3) is 5.91 Å². The zero-order chi connectivity index (χ0) is 30.8. The fourth-order valence-corrected chi connectivity index (χ4v) is 7.95. The first-order valence-corrected chi connectivity index (χ1v) is 15.6. The number of hydrogen-bond acceptors (Lipinski definition) is 8. The zero-order valence-corrected chi connectivity index (χ0v) is 24.7. The predicted molar refractivity (Wildman–Crippen MR) is 164 cm³/mol. The number of aromatic nitrogens is 3. The highest BCUT2D eigenvalue weighted by Crippen LogP contribution is 2.41. The van der Waals surface area contributed by atoms with Gasteiger partial charge in [0.15, 0.2) is 5.82 Å². The number of nitrogens with zero attached hydrogens (tertiary/aromatic N) is 5. The molecule has 1 unspecified atom stereocenters. The molecule has 6 heterocycles. The van der Waals surface area contributed by atoms with Crippen LogP contribution in [0.4, 0.5) is 19.4 Å². The van der Waals surface area contributed by atoms with E-state index in [-0.39, 0.29) is 35.2 Å². The van der Waals surface area contributed by atoms with Crippen molar-refractivity contribution in [3.8, 4) is 17.3 Å². The number of imide groups is 1. The van der Waals surface area contributed by atoms with Gasteiger partial charge in [0.2, 0.25) is 0 Å². The number of hydrogen-bond donors (Lipinski definition) is 2. The highest BCUT2D eigenvalue weighted by Gasteiger charge is 2.49. The third-order valence-corrected chi connectivity index (χ3v) is 10.1. The van der Waals surface area contributed by atoms with Crippen LogP contribution in [0.15, 0.2) is 42.6 Å². The largest absolute Gasteiger partial charge is 0.461 e.